The Morgan fingerprint density at radius 2 is 1.52 bits per heavy atom. The maximum absolute atomic E-state index is 12.7. The van der Waals surface area contributed by atoms with E-state index >= 15 is 0 Å². The van der Waals surface area contributed by atoms with E-state index < -0.39 is 0 Å². The monoisotopic (exact) mass is 458 g/mol. The SMILES string of the molecule is CC1C(=O)CCC2C1(C)CCC1C2(C)CCC2(C)C3CC(C)(C)C(O)CC3(C)CCC12CO. The third-order valence-corrected chi connectivity index (χ3v) is 13.8. The normalized spacial score (nSPS) is 58.0. The molecule has 5 fully saturated rings. The fourth-order valence-corrected chi connectivity index (χ4v) is 11.3. The average Bonchev–Trinajstić information content (AvgIpc) is 2.74. The van der Waals surface area contributed by atoms with Crippen molar-refractivity contribution in [3.63, 3.8) is 0 Å². The molecule has 0 bridgehead atoms. The molecule has 3 heteroatoms. The van der Waals surface area contributed by atoms with E-state index in [9.17, 15) is 15.0 Å². The topological polar surface area (TPSA) is 57.5 Å². The highest BCUT2D eigenvalue weighted by molar-refractivity contribution is 5.82. The Morgan fingerprint density at radius 3 is 2.18 bits per heavy atom. The fraction of sp³-hybridized carbons (Fsp3) is 0.967. The summed E-state index contributed by atoms with van der Waals surface area (Å²) in [7, 11) is 0. The van der Waals surface area contributed by atoms with Gasteiger partial charge in [0.05, 0.1) is 6.10 Å². The van der Waals surface area contributed by atoms with Gasteiger partial charge in [-0.05, 0) is 103 Å². The van der Waals surface area contributed by atoms with Crippen LogP contribution in [-0.2, 0) is 4.79 Å². The van der Waals surface area contributed by atoms with Crippen LogP contribution in [0.2, 0.25) is 0 Å². The van der Waals surface area contributed by atoms with Crippen molar-refractivity contribution in [3.8, 4) is 0 Å². The van der Waals surface area contributed by atoms with Crippen molar-refractivity contribution in [1.29, 1.82) is 0 Å². The van der Waals surface area contributed by atoms with E-state index in [1.807, 2.05) is 0 Å². The maximum Gasteiger partial charge on any atom is 0.136 e. The summed E-state index contributed by atoms with van der Waals surface area (Å²) in [4.78, 5) is 12.7. The van der Waals surface area contributed by atoms with Gasteiger partial charge in [0.1, 0.15) is 5.78 Å². The Kier molecular flexibility index (Phi) is 5.22. The molecule has 0 aromatic carbocycles. The number of ketones is 1. The number of fused-ring (bicyclic) bond motifs is 7. The third kappa shape index (κ3) is 2.85. The van der Waals surface area contributed by atoms with Gasteiger partial charge >= 0.3 is 0 Å². The van der Waals surface area contributed by atoms with Crippen molar-refractivity contribution in [2.75, 3.05) is 6.61 Å². The van der Waals surface area contributed by atoms with Gasteiger partial charge < -0.3 is 10.2 Å². The second kappa shape index (κ2) is 7.09. The molecule has 0 saturated heterocycles. The lowest BCUT2D eigenvalue weighted by atomic mass is 9.29. The van der Waals surface area contributed by atoms with Gasteiger partial charge in [-0.3, -0.25) is 4.79 Å². The quantitative estimate of drug-likeness (QED) is 0.478. The first-order valence-corrected chi connectivity index (χ1v) is 14.0. The summed E-state index contributed by atoms with van der Waals surface area (Å²) >= 11 is 0. The number of aliphatic hydroxyl groups excluding tert-OH is 2. The Bertz CT molecular complexity index is 834. The second-order valence-electron chi connectivity index (χ2n) is 15.2. The molecule has 188 valence electrons. The third-order valence-electron chi connectivity index (χ3n) is 13.8. The fourth-order valence-electron chi connectivity index (χ4n) is 11.3. The van der Waals surface area contributed by atoms with E-state index in [1.54, 1.807) is 0 Å². The van der Waals surface area contributed by atoms with Crippen molar-refractivity contribution in [3.05, 3.63) is 0 Å². The summed E-state index contributed by atoms with van der Waals surface area (Å²) in [6, 6.07) is 0. The predicted octanol–water partition coefficient (Wildman–Crippen LogP) is 6.40. The zero-order chi connectivity index (χ0) is 24.2. The van der Waals surface area contributed by atoms with Crippen LogP contribution in [0, 0.1) is 56.2 Å². The molecule has 10 unspecified atom stereocenters. The molecule has 2 N–H and O–H groups in total. The Balaban J connectivity index is 1.58. The van der Waals surface area contributed by atoms with Crippen molar-refractivity contribution in [2.24, 2.45) is 56.2 Å². The number of aliphatic hydroxyl groups is 2. The van der Waals surface area contributed by atoms with E-state index in [4.69, 9.17) is 0 Å². The van der Waals surface area contributed by atoms with Crippen molar-refractivity contribution >= 4 is 5.78 Å². The van der Waals surface area contributed by atoms with Crippen LogP contribution < -0.4 is 0 Å². The van der Waals surface area contributed by atoms with E-state index in [0.717, 1.165) is 51.4 Å². The maximum atomic E-state index is 12.7. The van der Waals surface area contributed by atoms with E-state index in [0.29, 0.717) is 30.1 Å². The Morgan fingerprint density at radius 1 is 0.818 bits per heavy atom. The van der Waals surface area contributed by atoms with Crippen LogP contribution in [0.4, 0.5) is 0 Å². The van der Waals surface area contributed by atoms with Crippen LogP contribution in [0.25, 0.3) is 0 Å². The highest BCUT2D eigenvalue weighted by Gasteiger charge is 2.72. The molecule has 5 aliphatic rings. The summed E-state index contributed by atoms with van der Waals surface area (Å²) in [6.45, 7) is 17.0. The lowest BCUT2D eigenvalue weighted by molar-refractivity contribution is -0.279. The summed E-state index contributed by atoms with van der Waals surface area (Å²) in [5, 5.41) is 22.3. The van der Waals surface area contributed by atoms with E-state index in [1.165, 1.54) is 12.8 Å². The summed E-state index contributed by atoms with van der Waals surface area (Å²) in [5.41, 5.74) is 0.517. The summed E-state index contributed by atoms with van der Waals surface area (Å²) in [5.74, 6) is 2.32. The molecule has 5 aliphatic carbocycles. The highest BCUT2D eigenvalue weighted by Crippen LogP contribution is 2.78. The van der Waals surface area contributed by atoms with Crippen molar-refractivity contribution in [2.45, 2.75) is 119 Å². The molecule has 0 spiro atoms. The molecule has 3 nitrogen and oxygen atoms in total. The molecule has 0 aromatic heterocycles. The van der Waals surface area contributed by atoms with E-state index in [2.05, 4.69) is 48.5 Å². The number of Topliss-reactive ketones (excluding diaryl/α,β-unsaturated/α-hetero) is 1. The van der Waals surface area contributed by atoms with E-state index in [-0.39, 0.29) is 44.5 Å². The van der Waals surface area contributed by atoms with Crippen molar-refractivity contribution < 1.29 is 15.0 Å². The van der Waals surface area contributed by atoms with Gasteiger partial charge in [0, 0.05) is 24.4 Å². The van der Waals surface area contributed by atoms with Gasteiger partial charge in [-0.15, -0.1) is 0 Å². The summed E-state index contributed by atoms with van der Waals surface area (Å²) < 4.78 is 0. The molecular weight excluding hydrogens is 408 g/mol. The van der Waals surface area contributed by atoms with Gasteiger partial charge in [-0.1, -0.05) is 48.5 Å². The van der Waals surface area contributed by atoms with Gasteiger partial charge in [0.2, 0.25) is 0 Å². The molecule has 0 heterocycles. The first-order chi connectivity index (χ1) is 15.2. The van der Waals surface area contributed by atoms with Crippen LogP contribution in [0.15, 0.2) is 0 Å². The highest BCUT2D eigenvalue weighted by atomic mass is 16.3. The molecule has 0 amide bonds. The van der Waals surface area contributed by atoms with Gasteiger partial charge in [0.15, 0.2) is 0 Å². The minimum atomic E-state index is -0.227. The minimum Gasteiger partial charge on any atom is -0.396 e. The number of rotatable bonds is 1. The molecular formula is C30H50O3. The molecule has 0 radical (unpaired) electrons. The smallest absolute Gasteiger partial charge is 0.136 e. The van der Waals surface area contributed by atoms with Crippen LogP contribution in [-0.4, -0.2) is 28.7 Å². The number of carbonyl (C=O) groups excluding carboxylic acids is 1. The number of carbonyl (C=O) groups is 1. The van der Waals surface area contributed by atoms with Crippen LogP contribution in [0.5, 0.6) is 0 Å². The lowest BCUT2D eigenvalue weighted by Gasteiger charge is -2.75. The largest absolute Gasteiger partial charge is 0.396 e. The molecule has 5 rings (SSSR count). The lowest BCUT2D eigenvalue weighted by Crippen LogP contribution is -2.70. The molecule has 33 heavy (non-hydrogen) atoms. The van der Waals surface area contributed by atoms with Crippen LogP contribution in [0.1, 0.15) is 113 Å². The van der Waals surface area contributed by atoms with Crippen LogP contribution in [0.3, 0.4) is 0 Å². The predicted molar refractivity (Wildman–Crippen MR) is 133 cm³/mol. The minimum absolute atomic E-state index is 0.0332. The molecule has 0 aliphatic heterocycles. The summed E-state index contributed by atoms with van der Waals surface area (Å²) in [6.07, 6.45) is 10.5. The second-order valence-corrected chi connectivity index (χ2v) is 15.2. The van der Waals surface area contributed by atoms with Gasteiger partial charge in [-0.2, -0.15) is 0 Å². The zero-order valence-electron chi connectivity index (χ0n) is 22.5. The Hall–Kier alpha value is -0.410. The number of hydrogen-bond donors (Lipinski definition) is 2. The number of hydrogen-bond acceptors (Lipinski definition) is 3. The van der Waals surface area contributed by atoms with Gasteiger partial charge in [0.25, 0.3) is 0 Å². The molecule has 10 atom stereocenters. The first kappa shape index (κ1) is 24.3. The van der Waals surface area contributed by atoms with Crippen LogP contribution >= 0.6 is 0 Å². The average molecular weight is 459 g/mol. The molecule has 5 saturated carbocycles. The first-order valence-electron chi connectivity index (χ1n) is 14.0. The van der Waals surface area contributed by atoms with Crippen molar-refractivity contribution in [1.82, 2.24) is 0 Å². The Labute approximate surface area is 202 Å². The standard InChI is InChI=1S/C30H50O3/c1-19-20(32)8-9-21-27(19,5)11-10-22-28(21,6)13-14-29(7)23-16-25(2,3)24(33)17-26(23,4)12-15-30(22,29)18-31/h19,21-24,31,33H,8-18H2,1-7H3. The molecule has 0 aromatic rings. The van der Waals surface area contributed by atoms with Gasteiger partial charge in [-0.25, -0.2) is 0 Å². The zero-order valence-corrected chi connectivity index (χ0v) is 22.5.